The summed E-state index contributed by atoms with van der Waals surface area (Å²) in [6, 6.07) is 11.2. The maximum absolute atomic E-state index is 12.9. The van der Waals surface area contributed by atoms with E-state index in [-0.39, 0.29) is 11.9 Å². The largest absolute Gasteiger partial charge is 0.493 e. The van der Waals surface area contributed by atoms with Crippen molar-refractivity contribution in [2.45, 2.75) is 19.3 Å². The molecule has 0 radical (unpaired) electrons. The van der Waals surface area contributed by atoms with Crippen molar-refractivity contribution in [1.29, 1.82) is 0 Å². The van der Waals surface area contributed by atoms with E-state index >= 15 is 0 Å². The predicted molar refractivity (Wildman–Crippen MR) is 93.3 cm³/mol. The van der Waals surface area contributed by atoms with Crippen LogP contribution in [0, 0.1) is 17.6 Å². The summed E-state index contributed by atoms with van der Waals surface area (Å²) in [7, 11) is 3.25. The molecule has 0 spiro atoms. The van der Waals surface area contributed by atoms with Crippen molar-refractivity contribution in [2.75, 3.05) is 20.8 Å². The summed E-state index contributed by atoms with van der Waals surface area (Å²) in [4.78, 5) is 11.4. The highest BCUT2D eigenvalue weighted by molar-refractivity contribution is 5.73. The van der Waals surface area contributed by atoms with Crippen LogP contribution in [0.1, 0.15) is 18.4 Å². The zero-order valence-electron chi connectivity index (χ0n) is 14.8. The van der Waals surface area contributed by atoms with Gasteiger partial charge in [-0.25, -0.2) is 8.78 Å². The van der Waals surface area contributed by atoms with E-state index in [2.05, 4.69) is 0 Å². The van der Waals surface area contributed by atoms with E-state index in [1.54, 1.807) is 14.2 Å². The van der Waals surface area contributed by atoms with Gasteiger partial charge in [-0.2, -0.15) is 0 Å². The first kappa shape index (κ1) is 19.7. The average Bonchev–Trinajstić information content (AvgIpc) is 2.67. The van der Waals surface area contributed by atoms with Gasteiger partial charge in [-0.15, -0.1) is 0 Å². The Hall–Kier alpha value is -2.63. The van der Waals surface area contributed by atoms with Gasteiger partial charge in [-0.05, 0) is 49.1 Å². The molecule has 1 fully saturated rings. The third-order valence-electron chi connectivity index (χ3n) is 4.03. The molecule has 0 aliphatic carbocycles. The van der Waals surface area contributed by atoms with E-state index < -0.39 is 11.6 Å². The maximum atomic E-state index is 12.9. The van der Waals surface area contributed by atoms with Crippen molar-refractivity contribution in [3.8, 4) is 11.5 Å². The third-order valence-corrected chi connectivity index (χ3v) is 4.03. The van der Waals surface area contributed by atoms with Crippen molar-refractivity contribution < 1.29 is 27.8 Å². The fraction of sp³-hybridized carbons (Fsp3) is 0.350. The molecular formula is C20H22F2O4. The SMILES string of the molecule is COc1ccccc1OC.O=C1OCCCC1Cc1ccc(F)c(F)c1. The second kappa shape index (κ2) is 9.75. The molecule has 1 aliphatic rings. The van der Waals surface area contributed by atoms with Gasteiger partial charge in [0.2, 0.25) is 0 Å². The van der Waals surface area contributed by atoms with E-state index in [0.717, 1.165) is 36.5 Å². The summed E-state index contributed by atoms with van der Waals surface area (Å²) in [5.74, 6) is -0.666. The van der Waals surface area contributed by atoms with Gasteiger partial charge in [0, 0.05) is 0 Å². The Kier molecular flexibility index (Phi) is 7.38. The van der Waals surface area contributed by atoms with Crippen molar-refractivity contribution in [3.05, 3.63) is 59.7 Å². The van der Waals surface area contributed by atoms with E-state index in [1.165, 1.54) is 6.07 Å². The van der Waals surface area contributed by atoms with Gasteiger partial charge in [0.05, 0.1) is 26.7 Å². The highest BCUT2D eigenvalue weighted by atomic mass is 19.2. The van der Waals surface area contributed by atoms with Crippen molar-refractivity contribution >= 4 is 5.97 Å². The summed E-state index contributed by atoms with van der Waals surface area (Å²) in [5.41, 5.74) is 0.628. The van der Waals surface area contributed by atoms with E-state index in [1.807, 2.05) is 24.3 Å². The lowest BCUT2D eigenvalue weighted by molar-refractivity contribution is -0.152. The molecule has 1 heterocycles. The second-order valence-electron chi connectivity index (χ2n) is 5.81. The van der Waals surface area contributed by atoms with Crippen LogP contribution in [0.4, 0.5) is 8.78 Å². The number of methoxy groups -OCH3 is 2. The lowest BCUT2D eigenvalue weighted by Gasteiger charge is -2.20. The molecule has 1 aliphatic heterocycles. The Morgan fingerprint density at radius 1 is 1.04 bits per heavy atom. The minimum Gasteiger partial charge on any atom is -0.493 e. The molecule has 2 aromatic rings. The lowest BCUT2D eigenvalue weighted by Crippen LogP contribution is -2.25. The van der Waals surface area contributed by atoms with Crippen LogP contribution in [-0.4, -0.2) is 26.8 Å². The molecule has 140 valence electrons. The molecule has 0 N–H and O–H groups in total. The number of esters is 1. The fourth-order valence-corrected chi connectivity index (χ4v) is 2.66. The summed E-state index contributed by atoms with van der Waals surface area (Å²) < 4.78 is 40.6. The van der Waals surface area contributed by atoms with Gasteiger partial charge in [0.15, 0.2) is 23.1 Å². The van der Waals surface area contributed by atoms with E-state index in [9.17, 15) is 13.6 Å². The first-order valence-corrected chi connectivity index (χ1v) is 8.32. The molecular weight excluding hydrogens is 342 g/mol. The number of ether oxygens (including phenoxy) is 3. The van der Waals surface area contributed by atoms with Gasteiger partial charge < -0.3 is 14.2 Å². The summed E-state index contributed by atoms with van der Waals surface area (Å²) >= 11 is 0. The number of benzene rings is 2. The van der Waals surface area contributed by atoms with Crippen LogP contribution >= 0.6 is 0 Å². The summed E-state index contributed by atoms with van der Waals surface area (Å²) in [5, 5.41) is 0. The first-order chi connectivity index (χ1) is 12.5. The van der Waals surface area contributed by atoms with E-state index in [4.69, 9.17) is 14.2 Å². The highest BCUT2D eigenvalue weighted by Crippen LogP contribution is 2.24. The first-order valence-electron chi connectivity index (χ1n) is 8.32. The zero-order valence-corrected chi connectivity index (χ0v) is 14.8. The van der Waals surface area contributed by atoms with Crippen LogP contribution in [-0.2, 0) is 16.0 Å². The quantitative estimate of drug-likeness (QED) is 0.764. The smallest absolute Gasteiger partial charge is 0.309 e. The predicted octanol–water partition coefficient (Wildman–Crippen LogP) is 4.16. The number of carbonyl (C=O) groups is 1. The minimum absolute atomic E-state index is 0.224. The number of para-hydroxylation sites is 2. The van der Waals surface area contributed by atoms with Gasteiger partial charge >= 0.3 is 5.97 Å². The van der Waals surface area contributed by atoms with Crippen LogP contribution in [0.3, 0.4) is 0 Å². The van der Waals surface area contributed by atoms with Gasteiger partial charge in [0.25, 0.3) is 0 Å². The standard InChI is InChI=1S/C12H12F2O2.C8H10O2/c13-10-4-3-8(7-11(10)14)6-9-2-1-5-16-12(9)15;1-9-7-5-3-4-6-8(7)10-2/h3-4,7,9H,1-2,5-6H2;3-6H,1-2H3. The molecule has 1 saturated heterocycles. The normalized spacial score (nSPS) is 16.2. The second-order valence-corrected chi connectivity index (χ2v) is 5.81. The number of hydrogen-bond donors (Lipinski definition) is 0. The molecule has 1 atom stereocenters. The van der Waals surface area contributed by atoms with Gasteiger partial charge in [-0.1, -0.05) is 18.2 Å². The fourth-order valence-electron chi connectivity index (χ4n) is 2.66. The Labute approximate surface area is 151 Å². The Balaban J connectivity index is 0.000000209. The summed E-state index contributed by atoms with van der Waals surface area (Å²) in [6.07, 6.45) is 1.99. The number of halogens is 2. The lowest BCUT2D eigenvalue weighted by atomic mass is 9.93. The topological polar surface area (TPSA) is 44.8 Å². The molecule has 6 heteroatoms. The van der Waals surface area contributed by atoms with Crippen molar-refractivity contribution in [2.24, 2.45) is 5.92 Å². The van der Waals surface area contributed by atoms with E-state index in [0.29, 0.717) is 18.6 Å². The number of hydrogen-bond acceptors (Lipinski definition) is 4. The number of rotatable bonds is 4. The number of cyclic esters (lactones) is 1. The molecule has 0 amide bonds. The Bertz CT molecular complexity index is 711. The van der Waals surface area contributed by atoms with Crippen LogP contribution in [0.15, 0.2) is 42.5 Å². The molecule has 26 heavy (non-hydrogen) atoms. The molecule has 3 rings (SSSR count). The highest BCUT2D eigenvalue weighted by Gasteiger charge is 2.24. The Morgan fingerprint density at radius 3 is 2.23 bits per heavy atom. The monoisotopic (exact) mass is 364 g/mol. The molecule has 1 unspecified atom stereocenters. The molecule has 2 aromatic carbocycles. The molecule has 0 saturated carbocycles. The third kappa shape index (κ3) is 5.44. The molecule has 0 aromatic heterocycles. The minimum atomic E-state index is -0.873. The van der Waals surface area contributed by atoms with Gasteiger partial charge in [0.1, 0.15) is 0 Å². The summed E-state index contributed by atoms with van der Waals surface area (Å²) in [6.45, 7) is 0.465. The maximum Gasteiger partial charge on any atom is 0.309 e. The van der Waals surface area contributed by atoms with Crippen LogP contribution in [0.5, 0.6) is 11.5 Å². The van der Waals surface area contributed by atoms with Crippen LogP contribution in [0.2, 0.25) is 0 Å². The number of carbonyl (C=O) groups excluding carboxylic acids is 1. The zero-order chi connectivity index (χ0) is 18.9. The van der Waals surface area contributed by atoms with Crippen LogP contribution in [0.25, 0.3) is 0 Å². The van der Waals surface area contributed by atoms with Crippen LogP contribution < -0.4 is 9.47 Å². The molecule has 0 bridgehead atoms. The van der Waals surface area contributed by atoms with Crippen molar-refractivity contribution in [1.82, 2.24) is 0 Å². The van der Waals surface area contributed by atoms with Crippen molar-refractivity contribution in [3.63, 3.8) is 0 Å². The Morgan fingerprint density at radius 2 is 1.69 bits per heavy atom. The molecule has 4 nitrogen and oxygen atoms in total. The van der Waals surface area contributed by atoms with Gasteiger partial charge in [-0.3, -0.25) is 4.79 Å². The average molecular weight is 364 g/mol.